The Hall–Kier alpha value is -1.55. The van der Waals surface area contributed by atoms with E-state index in [-0.39, 0.29) is 30.2 Å². The van der Waals surface area contributed by atoms with Gasteiger partial charge in [0.2, 0.25) is 11.8 Å². The summed E-state index contributed by atoms with van der Waals surface area (Å²) in [6, 6.07) is 7.24. The summed E-state index contributed by atoms with van der Waals surface area (Å²) in [5.41, 5.74) is 0.904. The van der Waals surface area contributed by atoms with E-state index in [1.807, 2.05) is 32.9 Å². The number of hydrogen-bond acceptors (Lipinski definition) is 2. The molecular formula is C16H23ClN2O2. The molecule has 0 aliphatic heterocycles. The smallest absolute Gasteiger partial charge is 0.239 e. The molecule has 0 unspecified atom stereocenters. The molecule has 0 heterocycles. The van der Waals surface area contributed by atoms with Crippen LogP contribution in [0, 0.1) is 5.92 Å². The zero-order valence-electron chi connectivity index (χ0n) is 12.8. The van der Waals surface area contributed by atoms with Crippen molar-refractivity contribution in [1.82, 2.24) is 10.6 Å². The molecule has 4 nitrogen and oxygen atoms in total. The fourth-order valence-corrected chi connectivity index (χ4v) is 2.24. The summed E-state index contributed by atoms with van der Waals surface area (Å²) in [7, 11) is 0. The summed E-state index contributed by atoms with van der Waals surface area (Å²) in [5.74, 6) is -0.464. The second kappa shape index (κ2) is 8.67. The van der Waals surface area contributed by atoms with Gasteiger partial charge >= 0.3 is 0 Å². The largest absolute Gasteiger partial charge is 0.355 e. The quantitative estimate of drug-likeness (QED) is 0.813. The van der Waals surface area contributed by atoms with Crippen LogP contribution < -0.4 is 10.6 Å². The molecule has 2 amide bonds. The van der Waals surface area contributed by atoms with E-state index in [1.165, 1.54) is 0 Å². The Kier molecular flexibility index (Phi) is 7.23. The molecule has 0 saturated carbocycles. The fraction of sp³-hybridized carbons (Fsp3) is 0.500. The molecular weight excluding hydrogens is 288 g/mol. The Balaban J connectivity index is 2.66. The van der Waals surface area contributed by atoms with Crippen molar-refractivity contribution in [2.45, 2.75) is 33.1 Å². The molecule has 21 heavy (non-hydrogen) atoms. The molecule has 0 aliphatic rings. The number of carbonyl (C=O) groups excluding carboxylic acids is 2. The highest BCUT2D eigenvalue weighted by Crippen LogP contribution is 2.25. The molecule has 1 rings (SSSR count). The average Bonchev–Trinajstić information content (AvgIpc) is 2.44. The molecule has 1 aromatic rings. The molecule has 0 radical (unpaired) electrons. The van der Waals surface area contributed by atoms with Gasteiger partial charge in [0.15, 0.2) is 0 Å². The van der Waals surface area contributed by atoms with Crippen molar-refractivity contribution < 1.29 is 9.59 Å². The first-order chi connectivity index (χ1) is 9.95. The van der Waals surface area contributed by atoms with Gasteiger partial charge in [0.1, 0.15) is 0 Å². The minimum absolute atomic E-state index is 0.00957. The minimum Gasteiger partial charge on any atom is -0.355 e. The zero-order valence-corrected chi connectivity index (χ0v) is 13.5. The van der Waals surface area contributed by atoms with E-state index >= 15 is 0 Å². The van der Waals surface area contributed by atoms with Gasteiger partial charge in [0.25, 0.3) is 0 Å². The highest BCUT2D eigenvalue weighted by molar-refractivity contribution is 6.30. The minimum atomic E-state index is -0.291. The molecule has 1 aromatic carbocycles. The van der Waals surface area contributed by atoms with E-state index < -0.39 is 0 Å². The lowest BCUT2D eigenvalue weighted by Crippen LogP contribution is -2.40. The summed E-state index contributed by atoms with van der Waals surface area (Å²) < 4.78 is 0. The van der Waals surface area contributed by atoms with Crippen LogP contribution in [0.15, 0.2) is 24.3 Å². The highest BCUT2D eigenvalue weighted by Gasteiger charge is 2.24. The molecule has 0 fully saturated rings. The topological polar surface area (TPSA) is 58.2 Å². The first-order valence-corrected chi connectivity index (χ1v) is 7.63. The predicted octanol–water partition coefficient (Wildman–Crippen LogP) is 2.72. The molecule has 0 aromatic heterocycles. The Morgan fingerprint density at radius 2 is 1.76 bits per heavy atom. The van der Waals surface area contributed by atoms with Crippen molar-refractivity contribution >= 4 is 23.4 Å². The Bertz CT molecular complexity index is 472. The predicted molar refractivity (Wildman–Crippen MR) is 85.3 cm³/mol. The van der Waals surface area contributed by atoms with Crippen molar-refractivity contribution in [3.63, 3.8) is 0 Å². The highest BCUT2D eigenvalue weighted by atomic mass is 35.5. The van der Waals surface area contributed by atoms with Crippen LogP contribution in [0.3, 0.4) is 0 Å². The second-order valence-electron chi connectivity index (χ2n) is 5.34. The Morgan fingerprint density at radius 1 is 1.14 bits per heavy atom. The molecule has 2 N–H and O–H groups in total. The van der Waals surface area contributed by atoms with Gasteiger partial charge in [-0.25, -0.2) is 0 Å². The van der Waals surface area contributed by atoms with E-state index in [9.17, 15) is 9.59 Å². The van der Waals surface area contributed by atoms with Crippen molar-refractivity contribution in [2.24, 2.45) is 5.92 Å². The Morgan fingerprint density at radius 3 is 2.29 bits per heavy atom. The van der Waals surface area contributed by atoms with Gasteiger partial charge in [-0.3, -0.25) is 9.59 Å². The zero-order chi connectivity index (χ0) is 15.8. The van der Waals surface area contributed by atoms with Crippen LogP contribution >= 0.6 is 11.6 Å². The maximum absolute atomic E-state index is 12.3. The lowest BCUT2D eigenvalue weighted by atomic mass is 9.87. The van der Waals surface area contributed by atoms with Crippen LogP contribution in [0.1, 0.15) is 38.7 Å². The van der Waals surface area contributed by atoms with Gasteiger partial charge in [-0.15, -0.1) is 0 Å². The van der Waals surface area contributed by atoms with Crippen LogP contribution in [0.2, 0.25) is 5.02 Å². The van der Waals surface area contributed by atoms with Crippen molar-refractivity contribution in [2.75, 3.05) is 13.1 Å². The number of halogens is 1. The number of rotatable bonds is 7. The van der Waals surface area contributed by atoms with Gasteiger partial charge in [-0.2, -0.15) is 0 Å². The van der Waals surface area contributed by atoms with E-state index in [1.54, 1.807) is 12.1 Å². The summed E-state index contributed by atoms with van der Waals surface area (Å²) in [5, 5.41) is 6.07. The monoisotopic (exact) mass is 310 g/mol. The van der Waals surface area contributed by atoms with Gasteiger partial charge < -0.3 is 10.6 Å². The van der Waals surface area contributed by atoms with Crippen LogP contribution in [0.5, 0.6) is 0 Å². The van der Waals surface area contributed by atoms with Gasteiger partial charge in [-0.05, 0) is 30.0 Å². The van der Waals surface area contributed by atoms with Gasteiger partial charge in [0.05, 0.1) is 12.5 Å². The fourth-order valence-electron chi connectivity index (χ4n) is 2.11. The first-order valence-electron chi connectivity index (χ1n) is 7.25. The van der Waals surface area contributed by atoms with Crippen LogP contribution in [0.4, 0.5) is 0 Å². The summed E-state index contributed by atoms with van der Waals surface area (Å²) in [6.45, 7) is 6.58. The number of amides is 2. The summed E-state index contributed by atoms with van der Waals surface area (Å²) in [4.78, 5) is 23.9. The molecule has 1 atom stereocenters. The number of carbonyl (C=O) groups is 2. The lowest BCUT2D eigenvalue weighted by Gasteiger charge is -2.20. The SMILES string of the molecule is CCCNC(=O)CNC(=O)[C@@H](c1ccc(Cl)cc1)C(C)C. The maximum atomic E-state index is 12.3. The van der Waals surface area contributed by atoms with E-state index in [0.29, 0.717) is 11.6 Å². The number of benzene rings is 1. The Labute approximate surface area is 131 Å². The molecule has 0 bridgehead atoms. The number of hydrogen-bond donors (Lipinski definition) is 2. The standard InChI is InChI=1S/C16H23ClN2O2/c1-4-9-18-14(20)10-19-16(21)15(11(2)3)12-5-7-13(17)8-6-12/h5-8,11,15H,4,9-10H2,1-3H3,(H,18,20)(H,19,21)/t15-/m1/s1. The van der Waals surface area contributed by atoms with Crippen molar-refractivity contribution in [1.29, 1.82) is 0 Å². The maximum Gasteiger partial charge on any atom is 0.239 e. The molecule has 116 valence electrons. The molecule has 0 aliphatic carbocycles. The summed E-state index contributed by atoms with van der Waals surface area (Å²) in [6.07, 6.45) is 0.874. The van der Waals surface area contributed by atoms with E-state index in [4.69, 9.17) is 11.6 Å². The van der Waals surface area contributed by atoms with Crippen LogP contribution in [0.25, 0.3) is 0 Å². The first kappa shape index (κ1) is 17.5. The third-order valence-electron chi connectivity index (χ3n) is 3.17. The third-order valence-corrected chi connectivity index (χ3v) is 3.43. The van der Waals surface area contributed by atoms with Crippen molar-refractivity contribution in [3.05, 3.63) is 34.9 Å². The average molecular weight is 311 g/mol. The van der Waals surface area contributed by atoms with Crippen LogP contribution in [-0.4, -0.2) is 24.9 Å². The lowest BCUT2D eigenvalue weighted by molar-refractivity contribution is -0.127. The van der Waals surface area contributed by atoms with E-state index in [0.717, 1.165) is 12.0 Å². The van der Waals surface area contributed by atoms with Crippen LogP contribution in [-0.2, 0) is 9.59 Å². The van der Waals surface area contributed by atoms with Gasteiger partial charge in [0, 0.05) is 11.6 Å². The second-order valence-corrected chi connectivity index (χ2v) is 5.78. The number of nitrogens with one attached hydrogen (secondary N) is 2. The van der Waals surface area contributed by atoms with E-state index in [2.05, 4.69) is 10.6 Å². The normalized spacial score (nSPS) is 12.0. The van der Waals surface area contributed by atoms with Crippen molar-refractivity contribution in [3.8, 4) is 0 Å². The molecule has 5 heteroatoms. The third kappa shape index (κ3) is 5.76. The molecule has 0 spiro atoms. The molecule has 0 saturated heterocycles. The van der Waals surface area contributed by atoms with Gasteiger partial charge in [-0.1, -0.05) is 44.5 Å². The summed E-state index contributed by atoms with van der Waals surface area (Å²) >= 11 is 5.87.